The number of fused-ring (bicyclic) bond motifs is 3. The number of thiophene rings is 1. The van der Waals surface area contributed by atoms with Gasteiger partial charge in [-0.25, -0.2) is 4.98 Å². The zero-order valence-electron chi connectivity index (χ0n) is 14.5. The Kier molecular flexibility index (Phi) is 4.85. The van der Waals surface area contributed by atoms with Gasteiger partial charge in [-0.05, 0) is 31.9 Å². The van der Waals surface area contributed by atoms with E-state index < -0.39 is 0 Å². The third kappa shape index (κ3) is 3.12. The Morgan fingerprint density at radius 1 is 1.36 bits per heavy atom. The van der Waals surface area contributed by atoms with Crippen molar-refractivity contribution < 1.29 is 0 Å². The summed E-state index contributed by atoms with van der Waals surface area (Å²) in [5.41, 5.74) is 1.34. The minimum Gasteiger partial charge on any atom is -0.301 e. The summed E-state index contributed by atoms with van der Waals surface area (Å²) in [5.74, 6) is 0.332. The van der Waals surface area contributed by atoms with E-state index in [1.165, 1.54) is 41.5 Å². The van der Waals surface area contributed by atoms with Crippen LogP contribution in [0.3, 0.4) is 0 Å². The van der Waals surface area contributed by atoms with E-state index in [4.69, 9.17) is 10.2 Å². The van der Waals surface area contributed by atoms with Crippen LogP contribution in [0.5, 0.6) is 0 Å². The Labute approximate surface area is 155 Å². The number of nitriles is 1. The normalized spacial score (nSPS) is 19.0. The molecular formula is C18H22N4OS2. The molecule has 0 bridgehead atoms. The third-order valence-corrected chi connectivity index (χ3v) is 7.20. The molecule has 0 spiro atoms. The van der Waals surface area contributed by atoms with Crippen LogP contribution in [0.15, 0.2) is 9.95 Å². The van der Waals surface area contributed by atoms with Crippen LogP contribution in [0.1, 0.15) is 48.6 Å². The molecule has 3 heterocycles. The molecule has 1 saturated carbocycles. The van der Waals surface area contributed by atoms with Gasteiger partial charge in [0.15, 0.2) is 5.16 Å². The maximum absolute atomic E-state index is 13.4. The quantitative estimate of drug-likeness (QED) is 0.607. The smallest absolute Gasteiger partial charge is 0.263 e. The molecule has 0 amide bonds. The maximum Gasteiger partial charge on any atom is 0.263 e. The summed E-state index contributed by atoms with van der Waals surface area (Å²) in [4.78, 5) is 22.7. The summed E-state index contributed by atoms with van der Waals surface area (Å²) in [5, 5.41) is 10.6. The predicted molar refractivity (Wildman–Crippen MR) is 102 cm³/mol. The largest absolute Gasteiger partial charge is 0.301 e. The van der Waals surface area contributed by atoms with E-state index in [9.17, 15) is 4.79 Å². The Hall–Kier alpha value is -1.36. The number of nitrogens with zero attached hydrogens (tertiary/aromatic N) is 4. The average molecular weight is 375 g/mol. The van der Waals surface area contributed by atoms with Gasteiger partial charge in [-0.3, -0.25) is 9.36 Å². The van der Waals surface area contributed by atoms with Gasteiger partial charge in [0.05, 0.1) is 17.2 Å². The first-order valence-electron chi connectivity index (χ1n) is 8.94. The molecule has 2 aliphatic rings. The van der Waals surface area contributed by atoms with Crippen molar-refractivity contribution in [1.29, 1.82) is 5.26 Å². The van der Waals surface area contributed by atoms with Crippen molar-refractivity contribution >= 4 is 33.3 Å². The van der Waals surface area contributed by atoms with Crippen LogP contribution in [0.2, 0.25) is 0 Å². The van der Waals surface area contributed by atoms with Gasteiger partial charge in [0.2, 0.25) is 0 Å². The molecule has 0 radical (unpaired) electrons. The van der Waals surface area contributed by atoms with Crippen LogP contribution < -0.4 is 5.56 Å². The van der Waals surface area contributed by atoms with E-state index in [0.29, 0.717) is 5.75 Å². The highest BCUT2D eigenvalue weighted by Gasteiger charge is 2.27. The molecule has 1 aliphatic heterocycles. The molecule has 4 rings (SSSR count). The van der Waals surface area contributed by atoms with Crippen molar-refractivity contribution in [1.82, 2.24) is 14.5 Å². The summed E-state index contributed by atoms with van der Waals surface area (Å²) in [6, 6.07) is 2.41. The molecular weight excluding hydrogens is 352 g/mol. The highest BCUT2D eigenvalue weighted by Crippen LogP contribution is 2.36. The van der Waals surface area contributed by atoms with Crippen molar-refractivity contribution in [2.75, 3.05) is 19.3 Å². The van der Waals surface area contributed by atoms with E-state index >= 15 is 0 Å². The molecule has 1 fully saturated rings. The fraction of sp³-hybridized carbons (Fsp3) is 0.611. The van der Waals surface area contributed by atoms with Crippen molar-refractivity contribution in [3.8, 4) is 6.07 Å². The molecule has 0 atom stereocenters. The first-order valence-corrected chi connectivity index (χ1v) is 10.7. The zero-order valence-corrected chi connectivity index (χ0v) is 16.1. The standard InChI is InChI=1S/C18H22N4OS2/c1-21-9-7-13-14(11-21)25-16-15(13)17(23)22(12-5-3-2-4-6-12)18(20-16)24-10-8-19/h12H,2-7,9-11H2,1H3. The van der Waals surface area contributed by atoms with E-state index in [-0.39, 0.29) is 11.6 Å². The van der Waals surface area contributed by atoms with Crippen molar-refractivity contribution in [3.63, 3.8) is 0 Å². The molecule has 7 heteroatoms. The fourth-order valence-electron chi connectivity index (χ4n) is 4.02. The summed E-state index contributed by atoms with van der Waals surface area (Å²) in [6.07, 6.45) is 6.61. The summed E-state index contributed by atoms with van der Waals surface area (Å²) in [6.45, 7) is 1.90. The minimum absolute atomic E-state index is 0.124. The van der Waals surface area contributed by atoms with Crippen LogP contribution in [0.4, 0.5) is 0 Å². The van der Waals surface area contributed by atoms with Gasteiger partial charge in [-0.2, -0.15) is 5.26 Å². The van der Waals surface area contributed by atoms with Crippen LogP contribution in [-0.4, -0.2) is 33.8 Å². The maximum atomic E-state index is 13.4. The first kappa shape index (κ1) is 17.1. The summed E-state index contributed by atoms with van der Waals surface area (Å²) < 4.78 is 1.93. The number of hydrogen-bond acceptors (Lipinski definition) is 6. The van der Waals surface area contributed by atoms with Gasteiger partial charge < -0.3 is 4.90 Å². The number of rotatable bonds is 3. The molecule has 0 unspecified atom stereocenters. The lowest BCUT2D eigenvalue weighted by Crippen LogP contribution is -2.30. The lowest BCUT2D eigenvalue weighted by molar-refractivity contribution is 0.317. The lowest BCUT2D eigenvalue weighted by atomic mass is 9.95. The van der Waals surface area contributed by atoms with Gasteiger partial charge in [0.1, 0.15) is 4.83 Å². The molecule has 0 saturated heterocycles. The zero-order chi connectivity index (χ0) is 17.4. The van der Waals surface area contributed by atoms with E-state index in [1.807, 2.05) is 4.57 Å². The van der Waals surface area contributed by atoms with Crippen molar-refractivity contribution in [2.24, 2.45) is 0 Å². The van der Waals surface area contributed by atoms with Gasteiger partial charge in [0, 0.05) is 24.0 Å². The van der Waals surface area contributed by atoms with E-state index in [0.717, 1.165) is 47.7 Å². The van der Waals surface area contributed by atoms with Crippen LogP contribution in [0, 0.1) is 11.3 Å². The number of thioether (sulfide) groups is 1. The molecule has 2 aromatic rings. The van der Waals surface area contributed by atoms with Crippen LogP contribution >= 0.6 is 23.1 Å². The number of hydrogen-bond donors (Lipinski definition) is 0. The van der Waals surface area contributed by atoms with Gasteiger partial charge in [0.25, 0.3) is 5.56 Å². The Bertz CT molecular complexity index is 889. The molecule has 2 aromatic heterocycles. The van der Waals surface area contributed by atoms with Gasteiger partial charge in [-0.1, -0.05) is 31.0 Å². The first-order chi connectivity index (χ1) is 12.2. The SMILES string of the molecule is CN1CCc2c(sc3nc(SCC#N)n(C4CCCCC4)c(=O)c23)C1. The topological polar surface area (TPSA) is 61.9 Å². The molecule has 1 aliphatic carbocycles. The summed E-state index contributed by atoms with van der Waals surface area (Å²) >= 11 is 3.06. The monoisotopic (exact) mass is 374 g/mol. The van der Waals surface area contributed by atoms with E-state index in [1.54, 1.807) is 11.3 Å². The molecule has 0 N–H and O–H groups in total. The molecule has 132 valence electrons. The second-order valence-electron chi connectivity index (χ2n) is 6.98. The molecule has 25 heavy (non-hydrogen) atoms. The molecule has 5 nitrogen and oxygen atoms in total. The van der Waals surface area contributed by atoms with Crippen LogP contribution in [0.25, 0.3) is 10.2 Å². The Morgan fingerprint density at radius 2 is 2.16 bits per heavy atom. The second-order valence-corrected chi connectivity index (χ2v) is 9.01. The fourth-order valence-corrected chi connectivity index (χ4v) is 6.09. The van der Waals surface area contributed by atoms with E-state index in [2.05, 4.69) is 18.0 Å². The molecule has 0 aromatic carbocycles. The van der Waals surface area contributed by atoms with Crippen molar-refractivity contribution in [2.45, 2.75) is 56.3 Å². The Balaban J connectivity index is 1.89. The van der Waals surface area contributed by atoms with Crippen LogP contribution in [-0.2, 0) is 13.0 Å². The third-order valence-electron chi connectivity index (χ3n) is 5.27. The lowest BCUT2D eigenvalue weighted by Gasteiger charge is -2.26. The number of aromatic nitrogens is 2. The number of likely N-dealkylation sites (N-methyl/N-ethyl adjacent to an activating group) is 1. The van der Waals surface area contributed by atoms with Gasteiger partial charge in [-0.15, -0.1) is 11.3 Å². The van der Waals surface area contributed by atoms with Gasteiger partial charge >= 0.3 is 0 Å². The predicted octanol–water partition coefficient (Wildman–Crippen LogP) is 3.57. The minimum atomic E-state index is 0.124. The van der Waals surface area contributed by atoms with Crippen molar-refractivity contribution in [3.05, 3.63) is 20.8 Å². The highest BCUT2D eigenvalue weighted by molar-refractivity contribution is 7.99. The Morgan fingerprint density at radius 3 is 2.92 bits per heavy atom. The average Bonchev–Trinajstić information content (AvgIpc) is 2.98. The second kappa shape index (κ2) is 7.10. The summed E-state index contributed by atoms with van der Waals surface area (Å²) in [7, 11) is 2.12. The highest BCUT2D eigenvalue weighted by atomic mass is 32.2.